The quantitative estimate of drug-likeness (QED) is 0.553. The van der Waals surface area contributed by atoms with Gasteiger partial charge in [-0.15, -0.1) is 5.53 Å². The number of hydrogen-bond donors (Lipinski definition) is 4. The van der Waals surface area contributed by atoms with Crippen molar-refractivity contribution in [3.8, 4) is 11.3 Å². The molecule has 0 radical (unpaired) electrons. The summed E-state index contributed by atoms with van der Waals surface area (Å²) in [7, 11) is 0. The highest BCUT2D eigenvalue weighted by molar-refractivity contribution is 5.94. The molecule has 0 bridgehead atoms. The van der Waals surface area contributed by atoms with Gasteiger partial charge in [0.1, 0.15) is 5.69 Å². The second-order valence-electron chi connectivity index (χ2n) is 7.22. The van der Waals surface area contributed by atoms with Crippen LogP contribution in [0.4, 0.5) is 17.2 Å². The molecule has 0 saturated carbocycles. The maximum absolute atomic E-state index is 11.4. The molecule has 28 heavy (non-hydrogen) atoms. The van der Waals surface area contributed by atoms with Crippen molar-refractivity contribution in [2.75, 3.05) is 22.3 Å². The summed E-state index contributed by atoms with van der Waals surface area (Å²) in [5.41, 5.74) is 14.2. The van der Waals surface area contributed by atoms with E-state index in [2.05, 4.69) is 28.2 Å². The number of hydrogen-bond acceptors (Lipinski definition) is 7. The summed E-state index contributed by atoms with van der Waals surface area (Å²) in [6, 6.07) is 11.3. The van der Waals surface area contributed by atoms with Gasteiger partial charge >= 0.3 is 5.97 Å². The van der Waals surface area contributed by atoms with Crippen molar-refractivity contribution in [2.45, 2.75) is 25.8 Å². The van der Waals surface area contributed by atoms with Gasteiger partial charge in [-0.3, -0.25) is 0 Å². The largest absolute Gasteiger partial charge is 0.478 e. The first-order valence-corrected chi connectivity index (χ1v) is 9.33. The van der Waals surface area contributed by atoms with Gasteiger partial charge in [0.25, 0.3) is 0 Å². The van der Waals surface area contributed by atoms with Gasteiger partial charge in [-0.1, -0.05) is 6.07 Å². The van der Waals surface area contributed by atoms with E-state index >= 15 is 0 Å². The van der Waals surface area contributed by atoms with Crippen molar-refractivity contribution in [1.29, 1.82) is 0 Å². The van der Waals surface area contributed by atoms with Gasteiger partial charge in [-0.2, -0.15) is 0 Å². The fraction of sp³-hybridized carbons (Fsp3) is 0.250. The fourth-order valence-electron chi connectivity index (χ4n) is 3.89. The van der Waals surface area contributed by atoms with Crippen molar-refractivity contribution >= 4 is 34.2 Å². The Bertz CT molecular complexity index is 1100. The third kappa shape index (κ3) is 2.69. The second kappa shape index (κ2) is 6.35. The van der Waals surface area contributed by atoms with Gasteiger partial charge in [0.2, 0.25) is 0 Å². The molecule has 3 heterocycles. The maximum atomic E-state index is 11.4. The van der Waals surface area contributed by atoms with Crippen LogP contribution in [0.1, 0.15) is 30.1 Å². The third-order valence-electron chi connectivity index (χ3n) is 5.41. The van der Waals surface area contributed by atoms with Gasteiger partial charge in [-0.25, -0.2) is 14.8 Å². The van der Waals surface area contributed by atoms with Crippen LogP contribution in [0.15, 0.2) is 36.4 Å². The second-order valence-corrected chi connectivity index (χ2v) is 7.22. The third-order valence-corrected chi connectivity index (χ3v) is 5.41. The molecule has 5 rings (SSSR count). The number of aromatic carboxylic acids is 1. The monoisotopic (exact) mass is 376 g/mol. The summed E-state index contributed by atoms with van der Waals surface area (Å²) in [5.74, 6) is -0.160. The molecule has 2 aromatic carbocycles. The summed E-state index contributed by atoms with van der Waals surface area (Å²) in [5, 5.41) is 9.31. The van der Waals surface area contributed by atoms with E-state index in [9.17, 15) is 9.90 Å². The number of carboxylic acids is 1. The highest BCUT2D eigenvalue weighted by Crippen LogP contribution is 2.37. The molecule has 1 aromatic heterocycles. The van der Waals surface area contributed by atoms with E-state index in [-0.39, 0.29) is 5.56 Å². The van der Waals surface area contributed by atoms with Crippen LogP contribution in [0.5, 0.6) is 0 Å². The van der Waals surface area contributed by atoms with Crippen LogP contribution in [0, 0.1) is 0 Å². The molecule has 0 aliphatic carbocycles. The molecule has 1 fully saturated rings. The zero-order valence-corrected chi connectivity index (χ0v) is 15.4. The lowest BCUT2D eigenvalue weighted by Crippen LogP contribution is -2.28. The van der Waals surface area contributed by atoms with Crippen LogP contribution in [0.25, 0.3) is 22.3 Å². The van der Waals surface area contributed by atoms with E-state index in [1.165, 1.54) is 0 Å². The minimum absolute atomic E-state index is 0.217. The van der Waals surface area contributed by atoms with E-state index in [0.29, 0.717) is 17.1 Å². The number of carbonyl (C=O) groups is 1. The average molecular weight is 376 g/mol. The van der Waals surface area contributed by atoms with Gasteiger partial charge in [0, 0.05) is 18.2 Å². The van der Waals surface area contributed by atoms with E-state index in [4.69, 9.17) is 9.97 Å². The molecule has 1 atom stereocenters. The normalized spacial score (nSPS) is 18.0. The minimum Gasteiger partial charge on any atom is -0.478 e. The molecule has 1 saturated heterocycles. The number of nitrogens with one attached hydrogen (secondary N) is 3. The van der Waals surface area contributed by atoms with Crippen LogP contribution in [-0.2, 0) is 0 Å². The number of hydrazine groups is 2. The number of fused-ring (bicyclic) bond motifs is 2. The fourth-order valence-corrected chi connectivity index (χ4v) is 3.89. The molecular weight excluding hydrogens is 356 g/mol. The number of rotatable bonds is 3. The summed E-state index contributed by atoms with van der Waals surface area (Å²) in [6.07, 6.45) is 2.21. The maximum Gasteiger partial charge on any atom is 0.335 e. The Morgan fingerprint density at radius 2 is 1.96 bits per heavy atom. The minimum atomic E-state index is -0.964. The zero-order valence-electron chi connectivity index (χ0n) is 15.4. The first kappa shape index (κ1) is 16.8. The average Bonchev–Trinajstić information content (AvgIpc) is 3.34. The molecule has 0 unspecified atom stereocenters. The Hall–Kier alpha value is -3.39. The number of anilines is 3. The van der Waals surface area contributed by atoms with Crippen molar-refractivity contribution in [2.24, 2.45) is 0 Å². The molecule has 8 heteroatoms. The smallest absolute Gasteiger partial charge is 0.335 e. The predicted octanol–water partition coefficient (Wildman–Crippen LogP) is 3.24. The molecule has 8 nitrogen and oxygen atoms in total. The lowest BCUT2D eigenvalue weighted by Gasteiger charge is -2.25. The van der Waals surface area contributed by atoms with Gasteiger partial charge in [0.05, 0.1) is 28.0 Å². The van der Waals surface area contributed by atoms with E-state index in [1.807, 2.05) is 18.2 Å². The van der Waals surface area contributed by atoms with Crippen molar-refractivity contribution in [3.63, 3.8) is 0 Å². The molecule has 4 N–H and O–H groups in total. The summed E-state index contributed by atoms with van der Waals surface area (Å²) in [4.78, 5) is 23.4. The molecular formula is C20H20N6O2. The van der Waals surface area contributed by atoms with Crippen LogP contribution in [-0.4, -0.2) is 33.6 Å². The summed E-state index contributed by atoms with van der Waals surface area (Å²) >= 11 is 0. The Kier molecular flexibility index (Phi) is 3.80. The van der Waals surface area contributed by atoms with Crippen LogP contribution in [0.3, 0.4) is 0 Å². The number of carboxylic acid groups (broad SMARTS) is 1. The first-order valence-electron chi connectivity index (χ1n) is 9.33. The highest BCUT2D eigenvalue weighted by Gasteiger charge is 2.26. The SMILES string of the molecule is C[C@H]1CCCN1c1nc2cc(C(=O)O)ccc2nc1-c1ccc2c(c1)NNN2. The van der Waals surface area contributed by atoms with E-state index in [0.717, 1.165) is 47.8 Å². The Labute approximate surface area is 161 Å². The van der Waals surface area contributed by atoms with Gasteiger partial charge in [0.15, 0.2) is 5.82 Å². The van der Waals surface area contributed by atoms with Gasteiger partial charge < -0.3 is 20.9 Å². The Morgan fingerprint density at radius 3 is 2.75 bits per heavy atom. The molecule has 142 valence electrons. The van der Waals surface area contributed by atoms with Crippen molar-refractivity contribution in [1.82, 2.24) is 15.5 Å². The lowest BCUT2D eigenvalue weighted by molar-refractivity contribution is 0.0697. The first-order chi connectivity index (χ1) is 13.6. The van der Waals surface area contributed by atoms with E-state index in [1.54, 1.807) is 18.2 Å². The van der Waals surface area contributed by atoms with E-state index < -0.39 is 5.97 Å². The van der Waals surface area contributed by atoms with Gasteiger partial charge in [-0.05, 0) is 50.1 Å². The Morgan fingerprint density at radius 1 is 1.11 bits per heavy atom. The Balaban J connectivity index is 1.71. The highest BCUT2D eigenvalue weighted by atomic mass is 16.4. The predicted molar refractivity (Wildman–Crippen MR) is 108 cm³/mol. The van der Waals surface area contributed by atoms with Crippen molar-refractivity contribution < 1.29 is 9.90 Å². The zero-order chi connectivity index (χ0) is 19.3. The summed E-state index contributed by atoms with van der Waals surface area (Å²) in [6.45, 7) is 3.10. The number of nitrogens with zero attached hydrogens (tertiary/aromatic N) is 3. The van der Waals surface area contributed by atoms with Crippen LogP contribution in [0.2, 0.25) is 0 Å². The number of benzene rings is 2. The summed E-state index contributed by atoms with van der Waals surface area (Å²) < 4.78 is 0. The molecule has 0 spiro atoms. The molecule has 2 aliphatic heterocycles. The topological polar surface area (TPSA) is 102 Å². The molecule has 0 amide bonds. The lowest BCUT2D eigenvalue weighted by atomic mass is 10.1. The molecule has 2 aliphatic rings. The standard InChI is InChI=1S/C20H20N6O2/c1-11-3-2-8-26(11)19-18(12-4-7-15-17(9-12)24-25-23-15)21-14-6-5-13(20(27)28)10-16(14)22-19/h4-7,9-11,23-25H,2-3,8H2,1H3,(H,27,28)/t11-/m0/s1. The number of aromatic nitrogens is 2. The molecule has 3 aromatic rings. The van der Waals surface area contributed by atoms with Crippen LogP contribution >= 0.6 is 0 Å². The van der Waals surface area contributed by atoms with Crippen molar-refractivity contribution in [3.05, 3.63) is 42.0 Å². The van der Waals surface area contributed by atoms with Crippen LogP contribution < -0.4 is 21.3 Å².